The highest BCUT2D eigenvalue weighted by molar-refractivity contribution is 7.89. The predicted molar refractivity (Wildman–Crippen MR) is 73.6 cm³/mol. The Morgan fingerprint density at radius 3 is 2.55 bits per heavy atom. The molecule has 0 amide bonds. The molecule has 1 N–H and O–H groups in total. The molecule has 2 rings (SSSR count). The fraction of sp³-hybridized carbons (Fsp3) is 0.286. The second-order valence-corrected chi connectivity index (χ2v) is 6.55. The number of benzene rings is 1. The van der Waals surface area contributed by atoms with E-state index in [1.165, 1.54) is 6.26 Å². The van der Waals surface area contributed by atoms with Gasteiger partial charge in [0.05, 0.1) is 16.7 Å². The highest BCUT2D eigenvalue weighted by Crippen LogP contribution is 2.30. The van der Waals surface area contributed by atoms with E-state index in [9.17, 15) is 21.6 Å². The van der Waals surface area contributed by atoms with Crippen LogP contribution in [0.4, 0.5) is 13.2 Å². The summed E-state index contributed by atoms with van der Waals surface area (Å²) in [5.41, 5.74) is -1.01. The number of sulfonamides is 1. The monoisotopic (exact) mass is 333 g/mol. The minimum Gasteiger partial charge on any atom is -0.469 e. The van der Waals surface area contributed by atoms with Gasteiger partial charge in [-0.15, -0.1) is 0 Å². The van der Waals surface area contributed by atoms with E-state index in [-0.39, 0.29) is 0 Å². The second kappa shape index (κ2) is 6.13. The molecule has 1 heterocycles. The van der Waals surface area contributed by atoms with E-state index in [0.29, 0.717) is 18.2 Å². The minimum atomic E-state index is -4.59. The smallest absolute Gasteiger partial charge is 0.416 e. The predicted octanol–water partition coefficient (Wildman–Crippen LogP) is 3.21. The van der Waals surface area contributed by atoms with Gasteiger partial charge in [-0.2, -0.15) is 13.2 Å². The van der Waals surface area contributed by atoms with E-state index in [1.807, 2.05) is 0 Å². The maximum absolute atomic E-state index is 12.6. The largest absolute Gasteiger partial charge is 0.469 e. The molecular weight excluding hydrogens is 319 g/mol. The molecule has 0 saturated carbocycles. The first-order chi connectivity index (χ1) is 10.2. The lowest BCUT2D eigenvalue weighted by atomic mass is 10.2. The van der Waals surface area contributed by atoms with Gasteiger partial charge < -0.3 is 4.42 Å². The molecule has 4 nitrogen and oxygen atoms in total. The quantitative estimate of drug-likeness (QED) is 0.914. The van der Waals surface area contributed by atoms with E-state index < -0.39 is 32.7 Å². The standard InChI is InChI=1S/C14H14F3NO3S/c1-10(8-12-5-3-7-21-12)18-22(19,20)13-6-2-4-11(9-13)14(15,16)17/h2-7,9-10,18H,8H2,1H3. The summed E-state index contributed by atoms with van der Waals surface area (Å²) in [4.78, 5) is -0.423. The van der Waals surface area contributed by atoms with E-state index >= 15 is 0 Å². The molecule has 1 unspecified atom stereocenters. The SMILES string of the molecule is CC(Cc1ccco1)NS(=O)(=O)c1cccc(C(F)(F)F)c1. The van der Waals surface area contributed by atoms with Crippen molar-refractivity contribution in [2.75, 3.05) is 0 Å². The third-order valence-electron chi connectivity index (χ3n) is 2.92. The Bertz CT molecular complexity index is 724. The molecule has 0 aliphatic carbocycles. The summed E-state index contributed by atoms with van der Waals surface area (Å²) in [6.45, 7) is 1.60. The first kappa shape index (κ1) is 16.6. The summed E-state index contributed by atoms with van der Waals surface area (Å²) in [5.74, 6) is 0.583. The summed E-state index contributed by atoms with van der Waals surface area (Å²) < 4.78 is 69.7. The Labute approximate surface area is 126 Å². The van der Waals surface area contributed by atoms with Gasteiger partial charge in [0, 0.05) is 12.5 Å². The van der Waals surface area contributed by atoms with Crippen molar-refractivity contribution >= 4 is 10.0 Å². The highest BCUT2D eigenvalue weighted by Gasteiger charge is 2.31. The third kappa shape index (κ3) is 4.11. The van der Waals surface area contributed by atoms with Gasteiger partial charge in [0.1, 0.15) is 5.76 Å². The molecule has 8 heteroatoms. The van der Waals surface area contributed by atoms with Gasteiger partial charge in [0.15, 0.2) is 0 Å². The van der Waals surface area contributed by atoms with Gasteiger partial charge in [-0.25, -0.2) is 13.1 Å². The van der Waals surface area contributed by atoms with Crippen molar-refractivity contribution < 1.29 is 26.0 Å². The van der Waals surface area contributed by atoms with Crippen LogP contribution in [0.5, 0.6) is 0 Å². The Balaban J connectivity index is 2.16. The van der Waals surface area contributed by atoms with Crippen LogP contribution in [0.1, 0.15) is 18.2 Å². The van der Waals surface area contributed by atoms with E-state index in [0.717, 1.165) is 18.2 Å². The van der Waals surface area contributed by atoms with Crippen LogP contribution in [0.3, 0.4) is 0 Å². The third-order valence-corrected chi connectivity index (χ3v) is 4.50. The Morgan fingerprint density at radius 1 is 1.23 bits per heavy atom. The summed E-state index contributed by atoms with van der Waals surface area (Å²) in [6.07, 6.45) is -2.83. The maximum Gasteiger partial charge on any atom is 0.416 e. The van der Waals surface area contributed by atoms with Gasteiger partial charge in [-0.05, 0) is 37.3 Å². The van der Waals surface area contributed by atoms with Crippen molar-refractivity contribution in [3.8, 4) is 0 Å². The molecule has 0 aliphatic heterocycles. The molecule has 1 aromatic carbocycles. The molecule has 0 bridgehead atoms. The van der Waals surface area contributed by atoms with Crippen LogP contribution < -0.4 is 4.72 Å². The Morgan fingerprint density at radius 2 is 1.95 bits per heavy atom. The molecule has 0 aliphatic rings. The summed E-state index contributed by atoms with van der Waals surface area (Å²) >= 11 is 0. The molecule has 1 atom stereocenters. The van der Waals surface area contributed by atoms with Crippen LogP contribution in [0.15, 0.2) is 52.0 Å². The van der Waals surface area contributed by atoms with Crippen molar-refractivity contribution in [2.45, 2.75) is 30.5 Å². The average molecular weight is 333 g/mol. The lowest BCUT2D eigenvalue weighted by molar-refractivity contribution is -0.137. The topological polar surface area (TPSA) is 59.3 Å². The molecule has 0 radical (unpaired) electrons. The fourth-order valence-electron chi connectivity index (χ4n) is 1.94. The van der Waals surface area contributed by atoms with Gasteiger partial charge in [-0.1, -0.05) is 6.07 Å². The zero-order valence-corrected chi connectivity index (χ0v) is 12.4. The van der Waals surface area contributed by atoms with Crippen molar-refractivity contribution in [1.82, 2.24) is 4.72 Å². The molecule has 2 aromatic rings. The minimum absolute atomic E-state index is 0.297. The summed E-state index contributed by atoms with van der Waals surface area (Å²) in [6, 6.07) is 6.46. The van der Waals surface area contributed by atoms with E-state index in [4.69, 9.17) is 4.42 Å². The van der Waals surface area contributed by atoms with Crippen molar-refractivity contribution in [2.24, 2.45) is 0 Å². The first-order valence-corrected chi connectivity index (χ1v) is 7.89. The van der Waals surface area contributed by atoms with Gasteiger partial charge in [0.2, 0.25) is 10.0 Å². The second-order valence-electron chi connectivity index (χ2n) is 4.83. The van der Waals surface area contributed by atoms with Crippen LogP contribution in [0.2, 0.25) is 0 Å². The van der Waals surface area contributed by atoms with Gasteiger partial charge in [-0.3, -0.25) is 0 Å². The first-order valence-electron chi connectivity index (χ1n) is 6.40. The van der Waals surface area contributed by atoms with Gasteiger partial charge >= 0.3 is 6.18 Å². The normalized spacial score (nSPS) is 14.0. The van der Waals surface area contributed by atoms with Crippen molar-refractivity contribution in [3.63, 3.8) is 0 Å². The fourth-order valence-corrected chi connectivity index (χ4v) is 3.23. The molecule has 0 fully saturated rings. The lowest BCUT2D eigenvalue weighted by Crippen LogP contribution is -2.34. The number of hydrogen-bond donors (Lipinski definition) is 1. The summed E-state index contributed by atoms with van der Waals surface area (Å²) in [5, 5.41) is 0. The van der Waals surface area contributed by atoms with Gasteiger partial charge in [0.25, 0.3) is 0 Å². The summed E-state index contributed by atoms with van der Waals surface area (Å²) in [7, 11) is -4.04. The average Bonchev–Trinajstić information content (AvgIpc) is 2.90. The van der Waals surface area contributed by atoms with Crippen molar-refractivity contribution in [3.05, 3.63) is 54.0 Å². The van der Waals surface area contributed by atoms with Crippen LogP contribution in [-0.4, -0.2) is 14.5 Å². The van der Waals surface area contributed by atoms with E-state index in [2.05, 4.69) is 4.72 Å². The number of nitrogens with one attached hydrogen (secondary N) is 1. The zero-order valence-electron chi connectivity index (χ0n) is 11.6. The van der Waals surface area contributed by atoms with Crippen LogP contribution in [0.25, 0.3) is 0 Å². The molecule has 120 valence electrons. The number of hydrogen-bond acceptors (Lipinski definition) is 3. The number of alkyl halides is 3. The molecular formula is C14H14F3NO3S. The molecule has 22 heavy (non-hydrogen) atoms. The Hall–Kier alpha value is -1.80. The highest BCUT2D eigenvalue weighted by atomic mass is 32.2. The van der Waals surface area contributed by atoms with E-state index in [1.54, 1.807) is 19.1 Å². The maximum atomic E-state index is 12.6. The van der Waals surface area contributed by atoms with Crippen LogP contribution in [0, 0.1) is 0 Å². The van der Waals surface area contributed by atoms with Crippen LogP contribution >= 0.6 is 0 Å². The molecule has 0 saturated heterocycles. The molecule has 1 aromatic heterocycles. The van der Waals surface area contributed by atoms with Crippen molar-refractivity contribution in [1.29, 1.82) is 0 Å². The number of rotatable bonds is 5. The van der Waals surface area contributed by atoms with Crippen LogP contribution in [-0.2, 0) is 22.6 Å². The lowest BCUT2D eigenvalue weighted by Gasteiger charge is -2.14. The zero-order chi connectivity index (χ0) is 16.4. The number of furan rings is 1. The Kier molecular flexibility index (Phi) is 4.62. The number of halogens is 3. The molecule has 0 spiro atoms.